The van der Waals surface area contributed by atoms with E-state index in [0.717, 1.165) is 16.8 Å². The van der Waals surface area contributed by atoms with E-state index in [1.165, 1.54) is 0 Å². The van der Waals surface area contributed by atoms with Crippen molar-refractivity contribution < 1.29 is 19.1 Å². The standard InChI is InChI=1S/C26H29ClN2O4/c1-19-4-2-5-20(14-19)26(9-12-32-13-10-26)24(31)28-11-8-25(17-28)18-29(23(30)16-33-25)22-7-3-6-21(27)15-22/h2-7,14-15H,8-13,16-18H2,1H3/t25-/m0/s1. The van der Waals surface area contributed by atoms with E-state index in [1.54, 1.807) is 17.0 Å². The molecule has 0 bridgehead atoms. The van der Waals surface area contributed by atoms with Gasteiger partial charge in [-0.2, -0.15) is 0 Å². The van der Waals surface area contributed by atoms with Crippen LogP contribution in [-0.4, -0.2) is 61.8 Å². The average Bonchev–Trinajstić information content (AvgIpc) is 3.24. The van der Waals surface area contributed by atoms with Gasteiger partial charge in [-0.1, -0.05) is 47.5 Å². The van der Waals surface area contributed by atoms with Crippen LogP contribution in [0, 0.1) is 6.92 Å². The first-order chi connectivity index (χ1) is 15.9. The Kier molecular flexibility index (Phi) is 5.93. The molecule has 2 amide bonds. The normalized spacial score (nSPS) is 25.0. The van der Waals surface area contributed by atoms with Crippen molar-refractivity contribution in [2.75, 3.05) is 44.4 Å². The predicted molar refractivity (Wildman–Crippen MR) is 127 cm³/mol. The minimum absolute atomic E-state index is 0.00536. The van der Waals surface area contributed by atoms with E-state index in [9.17, 15) is 9.59 Å². The molecule has 0 aromatic heterocycles. The second-order valence-corrected chi connectivity index (χ2v) is 9.91. The van der Waals surface area contributed by atoms with Gasteiger partial charge in [-0.05, 0) is 49.9 Å². The molecule has 3 fully saturated rings. The smallest absolute Gasteiger partial charge is 0.253 e. The molecule has 33 heavy (non-hydrogen) atoms. The summed E-state index contributed by atoms with van der Waals surface area (Å²) >= 11 is 6.17. The van der Waals surface area contributed by atoms with Crippen molar-refractivity contribution in [3.05, 3.63) is 64.7 Å². The van der Waals surface area contributed by atoms with Gasteiger partial charge in [0.25, 0.3) is 5.91 Å². The Morgan fingerprint density at radius 2 is 1.82 bits per heavy atom. The van der Waals surface area contributed by atoms with Gasteiger partial charge in [0.15, 0.2) is 0 Å². The van der Waals surface area contributed by atoms with Gasteiger partial charge < -0.3 is 19.3 Å². The molecule has 0 aliphatic carbocycles. The van der Waals surface area contributed by atoms with E-state index in [2.05, 4.69) is 25.1 Å². The summed E-state index contributed by atoms with van der Waals surface area (Å²) in [5, 5.41) is 0.587. The largest absolute Gasteiger partial charge is 0.381 e. The Labute approximate surface area is 199 Å². The summed E-state index contributed by atoms with van der Waals surface area (Å²) in [7, 11) is 0. The van der Waals surface area contributed by atoms with E-state index in [0.29, 0.717) is 57.1 Å². The number of hydrogen-bond acceptors (Lipinski definition) is 4. The van der Waals surface area contributed by atoms with Gasteiger partial charge in [-0.25, -0.2) is 0 Å². The molecule has 6 nitrogen and oxygen atoms in total. The Hall–Kier alpha value is -2.41. The van der Waals surface area contributed by atoms with Crippen LogP contribution in [0.25, 0.3) is 0 Å². The first-order valence-corrected chi connectivity index (χ1v) is 11.9. The van der Waals surface area contributed by atoms with Crippen LogP contribution in [0.3, 0.4) is 0 Å². The van der Waals surface area contributed by atoms with Gasteiger partial charge in [0.1, 0.15) is 12.2 Å². The molecule has 3 saturated heterocycles. The first-order valence-electron chi connectivity index (χ1n) is 11.6. The van der Waals surface area contributed by atoms with Crippen molar-refractivity contribution in [2.45, 2.75) is 37.2 Å². The van der Waals surface area contributed by atoms with E-state index in [1.807, 2.05) is 23.1 Å². The molecule has 2 aromatic carbocycles. The number of carbonyl (C=O) groups is 2. The van der Waals surface area contributed by atoms with E-state index >= 15 is 0 Å². The molecule has 1 spiro atoms. The fourth-order valence-corrected chi connectivity index (χ4v) is 5.63. The van der Waals surface area contributed by atoms with Crippen LogP contribution in [-0.2, 0) is 24.5 Å². The van der Waals surface area contributed by atoms with Gasteiger partial charge >= 0.3 is 0 Å². The molecule has 0 unspecified atom stereocenters. The Balaban J connectivity index is 1.39. The molecule has 1 atom stereocenters. The summed E-state index contributed by atoms with van der Waals surface area (Å²) in [4.78, 5) is 30.4. The number of nitrogens with zero attached hydrogens (tertiary/aromatic N) is 2. The molecule has 3 aliphatic heterocycles. The van der Waals surface area contributed by atoms with Crippen LogP contribution < -0.4 is 4.90 Å². The van der Waals surface area contributed by atoms with Crippen molar-refractivity contribution in [1.82, 2.24) is 4.90 Å². The van der Waals surface area contributed by atoms with Gasteiger partial charge in [0.05, 0.1) is 18.5 Å². The summed E-state index contributed by atoms with van der Waals surface area (Å²) < 4.78 is 11.7. The highest BCUT2D eigenvalue weighted by Crippen LogP contribution is 2.40. The lowest BCUT2D eigenvalue weighted by molar-refractivity contribution is -0.144. The van der Waals surface area contributed by atoms with Crippen LogP contribution in [0.2, 0.25) is 5.02 Å². The zero-order valence-electron chi connectivity index (χ0n) is 18.9. The number of carbonyl (C=O) groups excluding carboxylic acids is 2. The van der Waals surface area contributed by atoms with Crippen LogP contribution in [0.5, 0.6) is 0 Å². The summed E-state index contributed by atoms with van der Waals surface area (Å²) in [6.45, 7) is 4.72. The van der Waals surface area contributed by atoms with Crippen molar-refractivity contribution in [1.29, 1.82) is 0 Å². The molecule has 0 saturated carbocycles. The second-order valence-electron chi connectivity index (χ2n) is 9.47. The highest BCUT2D eigenvalue weighted by atomic mass is 35.5. The number of morpholine rings is 1. The zero-order valence-corrected chi connectivity index (χ0v) is 19.6. The highest BCUT2D eigenvalue weighted by molar-refractivity contribution is 6.30. The molecular weight excluding hydrogens is 440 g/mol. The topological polar surface area (TPSA) is 59.1 Å². The fourth-order valence-electron chi connectivity index (χ4n) is 5.45. The van der Waals surface area contributed by atoms with E-state index in [4.69, 9.17) is 21.1 Å². The number of benzene rings is 2. The number of halogens is 1. The highest BCUT2D eigenvalue weighted by Gasteiger charge is 2.51. The molecule has 5 rings (SSSR count). The second kappa shape index (κ2) is 8.75. The number of amides is 2. The SMILES string of the molecule is Cc1cccc(C2(C(=O)N3CC[C@]4(C3)CN(c3cccc(Cl)c3)C(=O)CO4)CCOCC2)c1. The third kappa shape index (κ3) is 4.16. The lowest BCUT2D eigenvalue weighted by Gasteiger charge is -2.42. The third-order valence-corrected chi connectivity index (χ3v) is 7.53. The molecule has 7 heteroatoms. The number of likely N-dealkylation sites (tertiary alicyclic amines) is 1. The van der Waals surface area contributed by atoms with Crippen LogP contribution >= 0.6 is 11.6 Å². The Morgan fingerprint density at radius 3 is 2.58 bits per heavy atom. The van der Waals surface area contributed by atoms with Crippen molar-refractivity contribution >= 4 is 29.1 Å². The predicted octanol–water partition coefficient (Wildman–Crippen LogP) is 3.73. The summed E-state index contributed by atoms with van der Waals surface area (Å²) in [6, 6.07) is 15.6. The number of hydrogen-bond donors (Lipinski definition) is 0. The minimum Gasteiger partial charge on any atom is -0.381 e. The molecule has 0 N–H and O–H groups in total. The average molecular weight is 469 g/mol. The van der Waals surface area contributed by atoms with E-state index in [-0.39, 0.29) is 18.4 Å². The maximum absolute atomic E-state index is 14.0. The maximum Gasteiger partial charge on any atom is 0.253 e. The number of aryl methyl sites for hydroxylation is 1. The summed E-state index contributed by atoms with van der Waals surface area (Å²) in [5.41, 5.74) is 1.84. The zero-order chi connectivity index (χ0) is 23.1. The molecule has 174 valence electrons. The van der Waals surface area contributed by atoms with Crippen molar-refractivity contribution in [3.63, 3.8) is 0 Å². The molecule has 0 radical (unpaired) electrons. The van der Waals surface area contributed by atoms with Gasteiger partial charge in [0, 0.05) is 30.5 Å². The lowest BCUT2D eigenvalue weighted by Crippen LogP contribution is -2.57. The van der Waals surface area contributed by atoms with Gasteiger partial charge in [-0.15, -0.1) is 0 Å². The quantitative estimate of drug-likeness (QED) is 0.688. The molecule has 3 heterocycles. The van der Waals surface area contributed by atoms with E-state index < -0.39 is 11.0 Å². The maximum atomic E-state index is 14.0. The molecule has 3 aliphatic rings. The van der Waals surface area contributed by atoms with Gasteiger partial charge in [-0.3, -0.25) is 9.59 Å². The minimum atomic E-state index is -0.576. The Morgan fingerprint density at radius 1 is 1.03 bits per heavy atom. The van der Waals surface area contributed by atoms with Crippen LogP contribution in [0.1, 0.15) is 30.4 Å². The molecular formula is C26H29ClN2O4. The lowest BCUT2D eigenvalue weighted by atomic mass is 9.72. The Bertz CT molecular complexity index is 1070. The van der Waals surface area contributed by atoms with Crippen LogP contribution in [0.15, 0.2) is 48.5 Å². The van der Waals surface area contributed by atoms with Crippen LogP contribution in [0.4, 0.5) is 5.69 Å². The van der Waals surface area contributed by atoms with Crippen molar-refractivity contribution in [2.24, 2.45) is 0 Å². The molecule has 2 aromatic rings. The number of ether oxygens (including phenoxy) is 2. The first kappa shape index (κ1) is 22.4. The monoisotopic (exact) mass is 468 g/mol. The fraction of sp³-hybridized carbons (Fsp3) is 0.462. The number of anilines is 1. The summed E-state index contributed by atoms with van der Waals surface area (Å²) in [5.74, 6) is 0.0522. The third-order valence-electron chi connectivity index (χ3n) is 7.30. The van der Waals surface area contributed by atoms with Gasteiger partial charge in [0.2, 0.25) is 5.91 Å². The number of rotatable bonds is 3. The van der Waals surface area contributed by atoms with Crippen molar-refractivity contribution in [3.8, 4) is 0 Å². The summed E-state index contributed by atoms with van der Waals surface area (Å²) in [6.07, 6.45) is 2.04.